The minimum absolute atomic E-state index is 0.572. The monoisotopic (exact) mass is 199 g/mol. The molecule has 0 radical (unpaired) electrons. The van der Waals surface area contributed by atoms with Crippen LogP contribution in [0.3, 0.4) is 0 Å². The fraction of sp³-hybridized carbons (Fsp3) is 0.778. The van der Waals surface area contributed by atoms with Crippen LogP contribution in [0.4, 0.5) is 0 Å². The van der Waals surface area contributed by atoms with Crippen molar-refractivity contribution in [3.63, 3.8) is 0 Å². The highest BCUT2D eigenvalue weighted by Gasteiger charge is 2.08. The van der Waals surface area contributed by atoms with Gasteiger partial charge in [0.2, 0.25) is 0 Å². The van der Waals surface area contributed by atoms with Gasteiger partial charge in [-0.15, -0.1) is 0 Å². The zero-order chi connectivity index (χ0) is 9.52. The van der Waals surface area contributed by atoms with Crippen molar-refractivity contribution in [2.75, 3.05) is 6.54 Å². The lowest BCUT2D eigenvalue weighted by molar-refractivity contribution is 0.485. The summed E-state index contributed by atoms with van der Waals surface area (Å²) in [6, 6.07) is 0.572. The zero-order valence-electron chi connectivity index (χ0n) is 8.29. The topological polar surface area (TPSA) is 37.8 Å². The number of aromatic nitrogens is 2. The molecule has 0 aromatic carbocycles. The van der Waals surface area contributed by atoms with Gasteiger partial charge in [0, 0.05) is 12.5 Å². The maximum atomic E-state index is 4.19. The van der Waals surface area contributed by atoms with Gasteiger partial charge in [0.05, 0.1) is 0 Å². The lowest BCUT2D eigenvalue weighted by Gasteiger charge is -2.14. The Hall–Kier alpha value is -0.480. The van der Waals surface area contributed by atoms with Crippen LogP contribution in [0.25, 0.3) is 0 Å². The molecule has 13 heavy (non-hydrogen) atoms. The van der Waals surface area contributed by atoms with Crippen molar-refractivity contribution in [1.29, 1.82) is 0 Å². The first-order chi connectivity index (χ1) is 6.36. The molecule has 0 saturated heterocycles. The van der Waals surface area contributed by atoms with E-state index < -0.39 is 0 Å². The van der Waals surface area contributed by atoms with Crippen LogP contribution in [0.1, 0.15) is 31.7 Å². The summed E-state index contributed by atoms with van der Waals surface area (Å²) in [5, 5.41) is 4.60. The van der Waals surface area contributed by atoms with Gasteiger partial charge in [-0.2, -0.15) is 4.37 Å². The van der Waals surface area contributed by atoms with Crippen LogP contribution in [0, 0.1) is 0 Å². The molecular formula is C9H17N3S. The number of rotatable bonds is 6. The summed E-state index contributed by atoms with van der Waals surface area (Å²) < 4.78 is 4.00. The normalized spacial score (nSPS) is 13.1. The molecule has 1 N–H and O–H groups in total. The average Bonchev–Trinajstić information content (AvgIpc) is 2.58. The summed E-state index contributed by atoms with van der Waals surface area (Å²) >= 11 is 1.50. The third-order valence-corrected chi connectivity index (χ3v) is 2.64. The summed E-state index contributed by atoms with van der Waals surface area (Å²) in [5.74, 6) is 0. The van der Waals surface area contributed by atoms with Gasteiger partial charge >= 0.3 is 0 Å². The van der Waals surface area contributed by atoms with E-state index in [4.69, 9.17) is 0 Å². The van der Waals surface area contributed by atoms with Gasteiger partial charge in [-0.3, -0.25) is 0 Å². The largest absolute Gasteiger partial charge is 0.314 e. The minimum Gasteiger partial charge on any atom is -0.314 e. The van der Waals surface area contributed by atoms with Gasteiger partial charge in [0.15, 0.2) is 0 Å². The van der Waals surface area contributed by atoms with Crippen molar-refractivity contribution in [2.24, 2.45) is 0 Å². The van der Waals surface area contributed by atoms with E-state index in [0.29, 0.717) is 6.04 Å². The fourth-order valence-corrected chi connectivity index (χ4v) is 2.00. The molecule has 1 aromatic rings. The first-order valence-electron chi connectivity index (χ1n) is 4.85. The molecule has 0 saturated carbocycles. The molecule has 0 aliphatic heterocycles. The molecular weight excluding hydrogens is 182 g/mol. The van der Waals surface area contributed by atoms with Gasteiger partial charge in [-0.25, -0.2) is 4.98 Å². The quantitative estimate of drug-likeness (QED) is 0.760. The van der Waals surface area contributed by atoms with Crippen molar-refractivity contribution in [3.05, 3.63) is 11.3 Å². The molecule has 74 valence electrons. The molecule has 0 aliphatic carbocycles. The van der Waals surface area contributed by atoms with Crippen LogP contribution in [0.2, 0.25) is 0 Å². The molecule has 0 spiro atoms. The summed E-state index contributed by atoms with van der Waals surface area (Å²) in [4.78, 5) is 4.19. The van der Waals surface area contributed by atoms with Crippen LogP contribution in [-0.4, -0.2) is 21.9 Å². The predicted molar refractivity (Wildman–Crippen MR) is 56.0 cm³/mol. The van der Waals surface area contributed by atoms with Crippen molar-refractivity contribution >= 4 is 11.5 Å². The second-order valence-electron chi connectivity index (χ2n) is 3.08. The summed E-state index contributed by atoms with van der Waals surface area (Å²) in [6.07, 6.45) is 5.09. The van der Waals surface area contributed by atoms with Crippen molar-refractivity contribution in [1.82, 2.24) is 14.7 Å². The van der Waals surface area contributed by atoms with Crippen LogP contribution < -0.4 is 5.32 Å². The van der Waals surface area contributed by atoms with Gasteiger partial charge in [0.25, 0.3) is 0 Å². The van der Waals surface area contributed by atoms with Crippen LogP contribution >= 0.6 is 11.5 Å². The Morgan fingerprint density at radius 2 is 2.38 bits per heavy atom. The first kappa shape index (κ1) is 10.6. The van der Waals surface area contributed by atoms with Crippen LogP contribution in [0.15, 0.2) is 6.33 Å². The van der Waals surface area contributed by atoms with Crippen LogP contribution in [-0.2, 0) is 6.42 Å². The predicted octanol–water partition coefficient (Wildman–Crippen LogP) is 1.86. The standard InChI is InChI=1S/C9H17N3S/c1-3-5-8(10-4-2)6-9-11-7-12-13-9/h7-8,10H,3-6H2,1-2H3. The van der Waals surface area contributed by atoms with E-state index >= 15 is 0 Å². The summed E-state index contributed by atoms with van der Waals surface area (Å²) in [5.41, 5.74) is 0. The number of nitrogens with zero attached hydrogens (tertiary/aromatic N) is 2. The Morgan fingerprint density at radius 3 is 2.92 bits per heavy atom. The Labute approximate surface area is 83.8 Å². The molecule has 3 nitrogen and oxygen atoms in total. The molecule has 1 atom stereocenters. The third-order valence-electron chi connectivity index (χ3n) is 1.96. The lowest BCUT2D eigenvalue weighted by Crippen LogP contribution is -2.30. The van der Waals surface area contributed by atoms with E-state index in [9.17, 15) is 0 Å². The van der Waals surface area contributed by atoms with E-state index in [1.165, 1.54) is 24.4 Å². The first-order valence-corrected chi connectivity index (χ1v) is 5.63. The number of nitrogens with one attached hydrogen (secondary N) is 1. The molecule has 0 amide bonds. The minimum atomic E-state index is 0.572. The molecule has 0 bridgehead atoms. The van der Waals surface area contributed by atoms with E-state index in [0.717, 1.165) is 18.0 Å². The molecule has 0 fully saturated rings. The Balaban J connectivity index is 2.37. The average molecular weight is 199 g/mol. The Morgan fingerprint density at radius 1 is 1.54 bits per heavy atom. The van der Waals surface area contributed by atoms with Gasteiger partial charge < -0.3 is 5.32 Å². The Kier molecular flexibility index (Phi) is 4.93. The second kappa shape index (κ2) is 6.05. The maximum Gasteiger partial charge on any atom is 0.129 e. The van der Waals surface area contributed by atoms with E-state index in [1.807, 2.05) is 0 Å². The summed E-state index contributed by atoms with van der Waals surface area (Å²) in [6.45, 7) is 5.39. The number of likely N-dealkylation sites (N-methyl/N-ethyl adjacent to an activating group) is 1. The van der Waals surface area contributed by atoms with Crippen LogP contribution in [0.5, 0.6) is 0 Å². The lowest BCUT2D eigenvalue weighted by atomic mass is 10.1. The van der Waals surface area contributed by atoms with Crippen molar-refractivity contribution < 1.29 is 0 Å². The van der Waals surface area contributed by atoms with Gasteiger partial charge in [-0.1, -0.05) is 20.3 Å². The maximum absolute atomic E-state index is 4.19. The van der Waals surface area contributed by atoms with E-state index in [-0.39, 0.29) is 0 Å². The van der Waals surface area contributed by atoms with Crippen molar-refractivity contribution in [2.45, 2.75) is 39.2 Å². The van der Waals surface area contributed by atoms with E-state index in [2.05, 4.69) is 28.5 Å². The van der Waals surface area contributed by atoms with Crippen molar-refractivity contribution in [3.8, 4) is 0 Å². The smallest absolute Gasteiger partial charge is 0.129 e. The zero-order valence-corrected chi connectivity index (χ0v) is 9.10. The van der Waals surface area contributed by atoms with Gasteiger partial charge in [0.1, 0.15) is 11.3 Å². The highest BCUT2D eigenvalue weighted by molar-refractivity contribution is 7.05. The SMILES string of the molecule is CCCC(Cc1ncns1)NCC. The number of hydrogen-bond acceptors (Lipinski definition) is 4. The van der Waals surface area contributed by atoms with E-state index in [1.54, 1.807) is 6.33 Å². The molecule has 1 rings (SSSR count). The molecule has 1 unspecified atom stereocenters. The Bertz CT molecular complexity index is 205. The molecule has 1 heterocycles. The molecule has 0 aliphatic rings. The van der Waals surface area contributed by atoms with Gasteiger partial charge in [-0.05, 0) is 24.5 Å². The third kappa shape index (κ3) is 3.83. The summed E-state index contributed by atoms with van der Waals surface area (Å²) in [7, 11) is 0. The number of hydrogen-bond donors (Lipinski definition) is 1. The fourth-order valence-electron chi connectivity index (χ4n) is 1.41. The highest BCUT2D eigenvalue weighted by Crippen LogP contribution is 2.07. The molecule has 4 heteroatoms. The second-order valence-corrected chi connectivity index (χ2v) is 3.95. The highest BCUT2D eigenvalue weighted by atomic mass is 32.1. The molecule has 1 aromatic heterocycles.